The molecular weight excluding hydrogens is 391 g/mol. The number of rotatable bonds is 8. The topological polar surface area (TPSA) is 60.5 Å². The van der Waals surface area contributed by atoms with E-state index in [0.29, 0.717) is 41.1 Å². The maximum absolute atomic E-state index is 14.6. The van der Waals surface area contributed by atoms with Gasteiger partial charge in [0.2, 0.25) is 0 Å². The van der Waals surface area contributed by atoms with Gasteiger partial charge in [-0.3, -0.25) is 4.79 Å². The van der Waals surface area contributed by atoms with Gasteiger partial charge >= 0.3 is 0 Å². The molecule has 2 aromatic carbocycles. The normalized spacial score (nSPS) is 10.8. The van der Waals surface area contributed by atoms with Crippen molar-refractivity contribution in [2.24, 2.45) is 5.92 Å². The van der Waals surface area contributed by atoms with E-state index < -0.39 is 5.82 Å². The predicted molar refractivity (Wildman–Crippen MR) is 112 cm³/mol. The number of ether oxygens (including phenoxy) is 2. The number of halogens is 1. The first-order chi connectivity index (χ1) is 14.0. The molecule has 0 aliphatic heterocycles. The Morgan fingerprint density at radius 1 is 1.21 bits per heavy atom. The van der Waals surface area contributed by atoms with E-state index in [0.717, 1.165) is 11.3 Å². The van der Waals surface area contributed by atoms with Gasteiger partial charge in [-0.2, -0.15) is 0 Å². The summed E-state index contributed by atoms with van der Waals surface area (Å²) in [6, 6.07) is 12.1. The van der Waals surface area contributed by atoms with E-state index in [-0.39, 0.29) is 5.91 Å². The lowest BCUT2D eigenvalue weighted by atomic mass is 10.2. The van der Waals surface area contributed by atoms with E-state index in [1.165, 1.54) is 17.4 Å². The summed E-state index contributed by atoms with van der Waals surface area (Å²) in [4.78, 5) is 16.4. The molecule has 0 saturated heterocycles. The molecule has 3 rings (SSSR count). The van der Waals surface area contributed by atoms with Crippen LogP contribution in [0, 0.1) is 11.7 Å². The third-order valence-corrected chi connectivity index (χ3v) is 4.99. The Morgan fingerprint density at radius 3 is 2.76 bits per heavy atom. The average Bonchev–Trinajstić information content (AvgIpc) is 3.20. The fourth-order valence-corrected chi connectivity index (χ4v) is 3.40. The second-order valence-electron chi connectivity index (χ2n) is 6.92. The second kappa shape index (κ2) is 9.52. The van der Waals surface area contributed by atoms with E-state index in [1.54, 1.807) is 24.6 Å². The first-order valence-electron chi connectivity index (χ1n) is 9.25. The number of methoxy groups -OCH3 is 1. The highest BCUT2D eigenvalue weighted by Crippen LogP contribution is 2.29. The summed E-state index contributed by atoms with van der Waals surface area (Å²) in [5.74, 6) is 0.806. The van der Waals surface area contributed by atoms with Gasteiger partial charge in [0.1, 0.15) is 34.6 Å². The Hall–Kier alpha value is -2.93. The SMILES string of the molecule is COc1cccc(COc2ccc(-c3nc(C(=O)NCC(C)C)cs3)c(F)c2)c1. The molecule has 152 valence electrons. The van der Waals surface area contributed by atoms with Crippen LogP contribution in [0.15, 0.2) is 47.8 Å². The molecule has 0 fully saturated rings. The number of nitrogens with zero attached hydrogens (tertiary/aromatic N) is 1. The quantitative estimate of drug-likeness (QED) is 0.568. The summed E-state index contributed by atoms with van der Waals surface area (Å²) in [5.41, 5.74) is 1.56. The number of amides is 1. The molecule has 1 aromatic heterocycles. The van der Waals surface area contributed by atoms with Crippen LogP contribution in [0.5, 0.6) is 11.5 Å². The summed E-state index contributed by atoms with van der Waals surface area (Å²) >= 11 is 1.23. The number of thiazole rings is 1. The molecule has 0 atom stereocenters. The largest absolute Gasteiger partial charge is 0.497 e. The minimum absolute atomic E-state index is 0.250. The van der Waals surface area contributed by atoms with E-state index >= 15 is 0 Å². The number of benzene rings is 2. The molecule has 0 spiro atoms. The molecule has 0 aliphatic carbocycles. The number of nitrogens with one attached hydrogen (secondary N) is 1. The molecule has 0 bridgehead atoms. The Bertz CT molecular complexity index is 988. The van der Waals surface area contributed by atoms with Crippen LogP contribution in [0.3, 0.4) is 0 Å². The Morgan fingerprint density at radius 2 is 2.03 bits per heavy atom. The fraction of sp³-hybridized carbons (Fsp3) is 0.273. The Balaban J connectivity index is 1.67. The van der Waals surface area contributed by atoms with Gasteiger partial charge in [0, 0.05) is 23.6 Å². The summed E-state index contributed by atoms with van der Waals surface area (Å²) in [5, 5.41) is 4.90. The van der Waals surface area contributed by atoms with E-state index in [9.17, 15) is 9.18 Å². The van der Waals surface area contributed by atoms with Crippen molar-refractivity contribution in [1.82, 2.24) is 10.3 Å². The van der Waals surface area contributed by atoms with Crippen molar-refractivity contribution in [1.29, 1.82) is 0 Å². The molecule has 1 heterocycles. The summed E-state index contributed by atoms with van der Waals surface area (Å²) in [6.45, 7) is 4.90. The van der Waals surface area contributed by atoms with Gasteiger partial charge in [-0.15, -0.1) is 11.3 Å². The minimum atomic E-state index is -0.448. The number of aromatic nitrogens is 1. The van der Waals surface area contributed by atoms with Gasteiger partial charge in [-0.1, -0.05) is 26.0 Å². The smallest absolute Gasteiger partial charge is 0.270 e. The number of carbonyl (C=O) groups is 1. The average molecular weight is 415 g/mol. The molecule has 0 unspecified atom stereocenters. The first kappa shape index (κ1) is 20.8. The van der Waals surface area contributed by atoms with Gasteiger partial charge in [0.15, 0.2) is 0 Å². The summed E-state index contributed by atoms with van der Waals surface area (Å²) < 4.78 is 25.5. The lowest BCUT2D eigenvalue weighted by Gasteiger charge is -2.09. The lowest BCUT2D eigenvalue weighted by Crippen LogP contribution is -2.27. The van der Waals surface area contributed by atoms with Crippen LogP contribution >= 0.6 is 11.3 Å². The van der Waals surface area contributed by atoms with Crippen molar-refractivity contribution in [2.75, 3.05) is 13.7 Å². The van der Waals surface area contributed by atoms with Crippen LogP contribution in [-0.2, 0) is 6.61 Å². The molecule has 0 radical (unpaired) electrons. The monoisotopic (exact) mass is 414 g/mol. The van der Waals surface area contributed by atoms with Crippen LogP contribution in [0.1, 0.15) is 29.9 Å². The summed E-state index contributed by atoms with van der Waals surface area (Å²) in [7, 11) is 1.60. The maximum atomic E-state index is 14.6. The van der Waals surface area contributed by atoms with Crippen molar-refractivity contribution >= 4 is 17.2 Å². The second-order valence-corrected chi connectivity index (χ2v) is 7.78. The maximum Gasteiger partial charge on any atom is 0.270 e. The third kappa shape index (κ3) is 5.54. The van der Waals surface area contributed by atoms with Crippen LogP contribution in [0.25, 0.3) is 10.6 Å². The highest BCUT2D eigenvalue weighted by Gasteiger charge is 2.15. The van der Waals surface area contributed by atoms with Crippen LogP contribution in [-0.4, -0.2) is 24.5 Å². The molecule has 0 saturated carbocycles. The molecule has 5 nitrogen and oxygen atoms in total. The predicted octanol–water partition coefficient (Wildman–Crippen LogP) is 4.92. The van der Waals surface area contributed by atoms with E-state index in [1.807, 2.05) is 38.1 Å². The zero-order chi connectivity index (χ0) is 20.8. The molecule has 0 aliphatic rings. The van der Waals surface area contributed by atoms with Gasteiger partial charge in [0.25, 0.3) is 5.91 Å². The number of carbonyl (C=O) groups excluding carboxylic acids is 1. The zero-order valence-corrected chi connectivity index (χ0v) is 17.4. The van der Waals surface area contributed by atoms with E-state index in [2.05, 4.69) is 10.3 Å². The molecule has 1 N–H and O–H groups in total. The fourth-order valence-electron chi connectivity index (χ4n) is 2.58. The number of hydrogen-bond acceptors (Lipinski definition) is 5. The van der Waals surface area contributed by atoms with Crippen molar-refractivity contribution in [3.8, 4) is 22.1 Å². The van der Waals surface area contributed by atoms with Crippen LogP contribution in [0.2, 0.25) is 0 Å². The van der Waals surface area contributed by atoms with Crippen LogP contribution < -0.4 is 14.8 Å². The van der Waals surface area contributed by atoms with Gasteiger partial charge in [-0.05, 0) is 35.7 Å². The van der Waals surface area contributed by atoms with Crippen molar-refractivity contribution in [3.63, 3.8) is 0 Å². The molecule has 29 heavy (non-hydrogen) atoms. The lowest BCUT2D eigenvalue weighted by molar-refractivity contribution is 0.0945. The standard InChI is InChI=1S/C22H23FN2O3S/c1-14(2)11-24-21(26)20-13-29-22(25-20)18-8-7-17(10-19(18)23)28-12-15-5-4-6-16(9-15)27-3/h4-10,13-14H,11-12H2,1-3H3,(H,24,26). The van der Waals surface area contributed by atoms with Crippen LogP contribution in [0.4, 0.5) is 4.39 Å². The number of hydrogen-bond donors (Lipinski definition) is 1. The van der Waals surface area contributed by atoms with E-state index in [4.69, 9.17) is 9.47 Å². The van der Waals surface area contributed by atoms with Crippen molar-refractivity contribution in [2.45, 2.75) is 20.5 Å². The van der Waals surface area contributed by atoms with Gasteiger partial charge in [0.05, 0.1) is 7.11 Å². The Kier molecular flexibility index (Phi) is 6.82. The van der Waals surface area contributed by atoms with Crippen molar-refractivity contribution in [3.05, 3.63) is 64.9 Å². The molecule has 1 amide bonds. The first-order valence-corrected chi connectivity index (χ1v) is 10.1. The Labute approximate surface area is 173 Å². The highest BCUT2D eigenvalue weighted by atomic mass is 32.1. The van der Waals surface area contributed by atoms with Gasteiger partial charge in [-0.25, -0.2) is 9.37 Å². The molecular formula is C22H23FN2O3S. The summed E-state index contributed by atoms with van der Waals surface area (Å²) in [6.07, 6.45) is 0. The zero-order valence-electron chi connectivity index (χ0n) is 16.6. The van der Waals surface area contributed by atoms with Crippen molar-refractivity contribution < 1.29 is 18.7 Å². The molecule has 3 aromatic rings. The molecule has 7 heteroatoms. The minimum Gasteiger partial charge on any atom is -0.497 e. The highest BCUT2D eigenvalue weighted by molar-refractivity contribution is 7.13. The van der Waals surface area contributed by atoms with Gasteiger partial charge < -0.3 is 14.8 Å². The third-order valence-electron chi connectivity index (χ3n) is 4.12.